The van der Waals surface area contributed by atoms with Crippen LogP contribution in [0.1, 0.15) is 6.42 Å². The smallest absolute Gasteiger partial charge is 0.152 e. The van der Waals surface area contributed by atoms with E-state index in [1.807, 2.05) is 0 Å². The molecule has 0 amide bonds. The molecule has 6 heteroatoms. The molecule has 0 saturated carbocycles. The predicted molar refractivity (Wildman–Crippen MR) is 35.9 cm³/mol. The lowest BCUT2D eigenvalue weighted by atomic mass is 10.6. The molecular weight excluding hydrogens is 164 g/mol. The SMILES string of the molecule is O=S(O)CCCS(=O)O. The minimum atomic E-state index is -1.83. The van der Waals surface area contributed by atoms with Gasteiger partial charge in [0.15, 0.2) is 22.2 Å². The van der Waals surface area contributed by atoms with Gasteiger partial charge in [-0.05, 0) is 6.42 Å². The fourth-order valence-corrected chi connectivity index (χ4v) is 1.27. The molecule has 4 nitrogen and oxygen atoms in total. The van der Waals surface area contributed by atoms with Crippen LogP contribution >= 0.6 is 0 Å². The first kappa shape index (κ1) is 9.22. The van der Waals surface area contributed by atoms with Crippen molar-refractivity contribution in [2.75, 3.05) is 11.5 Å². The van der Waals surface area contributed by atoms with Gasteiger partial charge in [0.25, 0.3) is 0 Å². The molecule has 0 aromatic heterocycles. The summed E-state index contributed by atoms with van der Waals surface area (Å²) in [5.74, 6) is 0.151. The van der Waals surface area contributed by atoms with E-state index < -0.39 is 22.2 Å². The maximum atomic E-state index is 9.91. The van der Waals surface area contributed by atoms with Gasteiger partial charge in [0, 0.05) is 0 Å². The van der Waals surface area contributed by atoms with Crippen LogP contribution in [0.5, 0.6) is 0 Å². The Balaban J connectivity index is 3.10. The molecule has 0 aromatic rings. The van der Waals surface area contributed by atoms with E-state index in [4.69, 9.17) is 9.11 Å². The molecule has 56 valence electrons. The summed E-state index contributed by atoms with van der Waals surface area (Å²) in [5, 5.41) is 0. The molecule has 0 aliphatic carbocycles. The Morgan fingerprint density at radius 3 is 1.56 bits per heavy atom. The van der Waals surface area contributed by atoms with Gasteiger partial charge in [-0.25, -0.2) is 8.42 Å². The van der Waals surface area contributed by atoms with Gasteiger partial charge in [0.2, 0.25) is 0 Å². The zero-order valence-corrected chi connectivity index (χ0v) is 6.28. The zero-order valence-electron chi connectivity index (χ0n) is 4.65. The maximum Gasteiger partial charge on any atom is 0.152 e. The number of hydrogen-bond acceptors (Lipinski definition) is 2. The summed E-state index contributed by atoms with van der Waals surface area (Å²) in [4.78, 5) is 0. The summed E-state index contributed by atoms with van der Waals surface area (Å²) < 4.78 is 36.1. The van der Waals surface area contributed by atoms with Gasteiger partial charge in [0.1, 0.15) is 0 Å². The Labute approximate surface area is 58.2 Å². The first-order valence-electron chi connectivity index (χ1n) is 2.28. The quantitative estimate of drug-likeness (QED) is 0.577. The van der Waals surface area contributed by atoms with Crippen molar-refractivity contribution in [3.63, 3.8) is 0 Å². The molecule has 2 N–H and O–H groups in total. The van der Waals surface area contributed by atoms with Crippen LogP contribution in [0.25, 0.3) is 0 Å². The third-order valence-electron chi connectivity index (χ3n) is 0.638. The summed E-state index contributed by atoms with van der Waals surface area (Å²) in [5.41, 5.74) is 0. The van der Waals surface area contributed by atoms with Gasteiger partial charge >= 0.3 is 0 Å². The minimum absolute atomic E-state index is 0.0757. The Bertz CT molecular complexity index is 109. The molecule has 0 saturated heterocycles. The highest BCUT2D eigenvalue weighted by molar-refractivity contribution is 7.80. The first-order chi connectivity index (χ1) is 4.13. The molecule has 2 unspecified atom stereocenters. The average molecular weight is 172 g/mol. The van der Waals surface area contributed by atoms with Crippen molar-refractivity contribution in [1.29, 1.82) is 0 Å². The second-order valence-electron chi connectivity index (χ2n) is 1.40. The van der Waals surface area contributed by atoms with E-state index in [9.17, 15) is 8.42 Å². The van der Waals surface area contributed by atoms with Crippen molar-refractivity contribution < 1.29 is 17.5 Å². The lowest BCUT2D eigenvalue weighted by Gasteiger charge is -1.90. The first-order valence-corrected chi connectivity index (χ1v) is 4.83. The van der Waals surface area contributed by atoms with Crippen molar-refractivity contribution in [1.82, 2.24) is 0 Å². The molecule has 0 aromatic carbocycles. The monoisotopic (exact) mass is 172 g/mol. The van der Waals surface area contributed by atoms with Gasteiger partial charge in [-0.1, -0.05) is 0 Å². The molecule has 0 fully saturated rings. The molecule has 0 rings (SSSR count). The highest BCUT2D eigenvalue weighted by Crippen LogP contribution is 1.85. The van der Waals surface area contributed by atoms with Crippen LogP contribution in [0.2, 0.25) is 0 Å². The molecule has 0 aliphatic heterocycles. The van der Waals surface area contributed by atoms with E-state index >= 15 is 0 Å². The van der Waals surface area contributed by atoms with Crippen LogP contribution in [0.3, 0.4) is 0 Å². The normalized spacial score (nSPS) is 17.1. The summed E-state index contributed by atoms with van der Waals surface area (Å²) in [6.45, 7) is 0. The molecule has 9 heavy (non-hydrogen) atoms. The molecule has 0 bridgehead atoms. The van der Waals surface area contributed by atoms with Crippen molar-refractivity contribution in [2.45, 2.75) is 6.42 Å². The second kappa shape index (κ2) is 5.04. The number of hydrogen-bond donors (Lipinski definition) is 2. The summed E-state index contributed by atoms with van der Waals surface area (Å²) in [6, 6.07) is 0. The van der Waals surface area contributed by atoms with Crippen LogP contribution in [-0.4, -0.2) is 29.0 Å². The zero-order chi connectivity index (χ0) is 7.28. The average Bonchev–Trinajstić information content (AvgIpc) is 1.63. The second-order valence-corrected chi connectivity index (χ2v) is 3.51. The van der Waals surface area contributed by atoms with Crippen LogP contribution in [0, 0.1) is 0 Å². The number of rotatable bonds is 4. The highest BCUT2D eigenvalue weighted by Gasteiger charge is 1.96. The van der Waals surface area contributed by atoms with Crippen molar-refractivity contribution in [3.05, 3.63) is 0 Å². The van der Waals surface area contributed by atoms with Gasteiger partial charge in [-0.2, -0.15) is 0 Å². The fraction of sp³-hybridized carbons (Fsp3) is 1.00. The Kier molecular flexibility index (Phi) is 5.16. The third kappa shape index (κ3) is 8.22. The molecule has 2 atom stereocenters. The maximum absolute atomic E-state index is 9.91. The van der Waals surface area contributed by atoms with Crippen LogP contribution in [0.15, 0.2) is 0 Å². The standard InChI is InChI=1S/C3H8O4S2/c4-8(5)2-1-3-9(6)7/h1-3H2,(H,4,5)(H,6,7). The summed E-state index contributed by atoms with van der Waals surface area (Å²) in [7, 11) is 0. The lowest BCUT2D eigenvalue weighted by Crippen LogP contribution is -2.01. The van der Waals surface area contributed by atoms with E-state index in [1.54, 1.807) is 0 Å². The van der Waals surface area contributed by atoms with E-state index in [0.717, 1.165) is 0 Å². The topological polar surface area (TPSA) is 74.6 Å². The summed E-state index contributed by atoms with van der Waals surface area (Å²) in [6.07, 6.45) is 0.312. The molecule has 0 radical (unpaired) electrons. The molecule has 0 aliphatic rings. The third-order valence-corrected chi connectivity index (χ3v) is 1.91. The van der Waals surface area contributed by atoms with Crippen molar-refractivity contribution >= 4 is 22.2 Å². The Morgan fingerprint density at radius 2 is 1.33 bits per heavy atom. The van der Waals surface area contributed by atoms with E-state index in [0.29, 0.717) is 6.42 Å². The molecule has 0 spiro atoms. The summed E-state index contributed by atoms with van der Waals surface area (Å²) >= 11 is -3.66. The van der Waals surface area contributed by atoms with E-state index in [-0.39, 0.29) is 11.5 Å². The fourth-order valence-electron chi connectivity index (χ4n) is 0.306. The van der Waals surface area contributed by atoms with Crippen LogP contribution in [0.4, 0.5) is 0 Å². The molecule has 0 heterocycles. The van der Waals surface area contributed by atoms with E-state index in [2.05, 4.69) is 0 Å². The Hall–Kier alpha value is 0.220. The van der Waals surface area contributed by atoms with Crippen molar-refractivity contribution in [3.8, 4) is 0 Å². The van der Waals surface area contributed by atoms with Gasteiger partial charge < -0.3 is 9.11 Å². The van der Waals surface area contributed by atoms with Gasteiger partial charge in [-0.15, -0.1) is 0 Å². The van der Waals surface area contributed by atoms with Gasteiger partial charge in [0.05, 0.1) is 11.5 Å². The largest absolute Gasteiger partial charge is 0.306 e. The Morgan fingerprint density at radius 1 is 1.00 bits per heavy atom. The van der Waals surface area contributed by atoms with E-state index in [1.165, 1.54) is 0 Å². The highest BCUT2D eigenvalue weighted by atomic mass is 32.2. The lowest BCUT2D eigenvalue weighted by molar-refractivity contribution is 0.557. The molecular formula is C3H8O4S2. The van der Waals surface area contributed by atoms with Crippen LogP contribution in [-0.2, 0) is 22.2 Å². The minimum Gasteiger partial charge on any atom is -0.306 e. The van der Waals surface area contributed by atoms with Gasteiger partial charge in [-0.3, -0.25) is 0 Å². The van der Waals surface area contributed by atoms with Crippen LogP contribution < -0.4 is 0 Å². The van der Waals surface area contributed by atoms with Crippen molar-refractivity contribution in [2.24, 2.45) is 0 Å². The predicted octanol–water partition coefficient (Wildman–Crippen LogP) is -0.180.